The van der Waals surface area contributed by atoms with E-state index in [0.29, 0.717) is 0 Å². The molecule has 4 heteroatoms. The topological polar surface area (TPSA) is 29.9 Å². The molecule has 0 bridgehead atoms. The van der Waals surface area contributed by atoms with Gasteiger partial charge in [0.2, 0.25) is 0 Å². The zero-order valence-corrected chi connectivity index (χ0v) is 11.5. The predicted octanol–water partition coefficient (Wildman–Crippen LogP) is 2.97. The van der Waals surface area contributed by atoms with Gasteiger partial charge in [0, 0.05) is 43.0 Å². The summed E-state index contributed by atoms with van der Waals surface area (Å²) < 4.78 is 1.90. The Kier molecular flexibility index (Phi) is 4.39. The first-order valence-corrected chi connectivity index (χ1v) is 6.51. The van der Waals surface area contributed by atoms with Crippen molar-refractivity contribution in [3.05, 3.63) is 52.8 Å². The van der Waals surface area contributed by atoms with Crippen LogP contribution in [0.3, 0.4) is 0 Å². The minimum absolute atomic E-state index is 0.256. The van der Waals surface area contributed by atoms with Crippen LogP contribution in [-0.2, 0) is 13.5 Å². The summed E-state index contributed by atoms with van der Waals surface area (Å²) in [5, 5.41) is 8.45. The third-order valence-corrected chi connectivity index (χ3v) is 3.47. The molecular formula is C14H18ClN3. The lowest BCUT2D eigenvalue weighted by Gasteiger charge is -2.15. The lowest BCUT2D eigenvalue weighted by atomic mass is 10.1. The minimum Gasteiger partial charge on any atom is -0.310 e. The Bertz CT molecular complexity index is 507. The molecule has 0 aliphatic heterocycles. The van der Waals surface area contributed by atoms with Crippen molar-refractivity contribution >= 4 is 11.6 Å². The van der Waals surface area contributed by atoms with Gasteiger partial charge in [0.25, 0.3) is 0 Å². The fraction of sp³-hybridized carbons (Fsp3) is 0.357. The second-order valence-corrected chi connectivity index (χ2v) is 4.80. The smallest absolute Gasteiger partial charge is 0.0492 e. The molecule has 96 valence electrons. The fourth-order valence-corrected chi connectivity index (χ4v) is 2.30. The number of aryl methyl sites for hydroxylation is 1. The quantitative estimate of drug-likeness (QED) is 0.899. The number of nitrogens with zero attached hydrogens (tertiary/aromatic N) is 2. The van der Waals surface area contributed by atoms with Crippen LogP contribution in [0.1, 0.15) is 24.2 Å². The Morgan fingerprint density at radius 1 is 1.33 bits per heavy atom. The average molecular weight is 264 g/mol. The van der Waals surface area contributed by atoms with Gasteiger partial charge >= 0.3 is 0 Å². The van der Waals surface area contributed by atoms with E-state index < -0.39 is 0 Å². The monoisotopic (exact) mass is 263 g/mol. The summed E-state index contributed by atoms with van der Waals surface area (Å²) in [5.41, 5.74) is 2.37. The first kappa shape index (κ1) is 13.1. The van der Waals surface area contributed by atoms with E-state index in [1.165, 1.54) is 5.69 Å². The maximum Gasteiger partial charge on any atom is 0.0492 e. The molecule has 0 aliphatic carbocycles. The molecule has 0 radical (unpaired) electrons. The third kappa shape index (κ3) is 3.12. The molecule has 1 atom stereocenters. The first-order chi connectivity index (χ1) is 8.68. The van der Waals surface area contributed by atoms with Crippen LogP contribution in [0, 0.1) is 0 Å². The average Bonchev–Trinajstić information content (AvgIpc) is 2.75. The largest absolute Gasteiger partial charge is 0.310 e. The van der Waals surface area contributed by atoms with Gasteiger partial charge in [-0.3, -0.25) is 4.68 Å². The van der Waals surface area contributed by atoms with Gasteiger partial charge in [0.1, 0.15) is 0 Å². The highest BCUT2D eigenvalue weighted by Crippen LogP contribution is 2.21. The van der Waals surface area contributed by atoms with Crippen molar-refractivity contribution in [2.24, 2.45) is 7.05 Å². The number of aromatic nitrogens is 2. The van der Waals surface area contributed by atoms with E-state index in [9.17, 15) is 0 Å². The highest BCUT2D eigenvalue weighted by molar-refractivity contribution is 6.31. The van der Waals surface area contributed by atoms with Gasteiger partial charge in [-0.25, -0.2) is 0 Å². The molecule has 0 fully saturated rings. The van der Waals surface area contributed by atoms with Gasteiger partial charge in [-0.05, 0) is 24.6 Å². The maximum atomic E-state index is 6.17. The molecule has 0 aliphatic rings. The van der Waals surface area contributed by atoms with Crippen LogP contribution in [-0.4, -0.2) is 16.3 Å². The standard InChI is InChI=1S/C14H18ClN3/c1-11(13-5-3-4-6-14(13)15)16-9-7-12-8-10-17-18(12)2/h3-6,8,10-11,16H,7,9H2,1-2H3/t11-/m0/s1. The van der Waals surface area contributed by atoms with Crippen LogP contribution in [0.5, 0.6) is 0 Å². The Morgan fingerprint density at radius 2 is 2.11 bits per heavy atom. The molecule has 0 amide bonds. The number of rotatable bonds is 5. The van der Waals surface area contributed by atoms with Crippen LogP contribution >= 0.6 is 11.6 Å². The summed E-state index contributed by atoms with van der Waals surface area (Å²) in [6.45, 7) is 3.04. The second kappa shape index (κ2) is 6.03. The summed E-state index contributed by atoms with van der Waals surface area (Å²) in [7, 11) is 1.97. The molecule has 0 saturated heterocycles. The summed E-state index contributed by atoms with van der Waals surface area (Å²) >= 11 is 6.17. The molecule has 1 aromatic carbocycles. The zero-order valence-electron chi connectivity index (χ0n) is 10.7. The number of hydrogen-bond acceptors (Lipinski definition) is 2. The number of halogens is 1. The van der Waals surface area contributed by atoms with Crippen LogP contribution < -0.4 is 5.32 Å². The van der Waals surface area contributed by atoms with Gasteiger partial charge in [0.05, 0.1) is 0 Å². The predicted molar refractivity (Wildman–Crippen MR) is 74.8 cm³/mol. The SMILES string of the molecule is C[C@H](NCCc1ccnn1C)c1ccccc1Cl. The van der Waals surface area contributed by atoms with Crippen LogP contribution in [0.25, 0.3) is 0 Å². The third-order valence-electron chi connectivity index (χ3n) is 3.13. The summed E-state index contributed by atoms with van der Waals surface area (Å²) in [6.07, 6.45) is 2.79. The van der Waals surface area contributed by atoms with Crippen LogP contribution in [0.4, 0.5) is 0 Å². The van der Waals surface area contributed by atoms with Crippen LogP contribution in [0.2, 0.25) is 5.02 Å². The Hall–Kier alpha value is -1.32. The number of nitrogens with one attached hydrogen (secondary N) is 1. The van der Waals surface area contributed by atoms with Gasteiger partial charge in [0.15, 0.2) is 0 Å². The van der Waals surface area contributed by atoms with Crippen molar-refractivity contribution in [3.63, 3.8) is 0 Å². The normalized spacial score (nSPS) is 12.6. The molecule has 0 unspecified atom stereocenters. The van der Waals surface area contributed by atoms with Gasteiger partial charge < -0.3 is 5.32 Å². The molecular weight excluding hydrogens is 246 g/mol. The molecule has 18 heavy (non-hydrogen) atoms. The van der Waals surface area contributed by atoms with Crippen molar-refractivity contribution in [3.8, 4) is 0 Å². The molecule has 3 nitrogen and oxygen atoms in total. The molecule has 2 rings (SSSR count). The summed E-state index contributed by atoms with van der Waals surface area (Å²) in [5.74, 6) is 0. The molecule has 1 heterocycles. The van der Waals surface area contributed by atoms with Crippen molar-refractivity contribution in [2.45, 2.75) is 19.4 Å². The first-order valence-electron chi connectivity index (χ1n) is 6.13. The van der Waals surface area contributed by atoms with Crippen molar-refractivity contribution in [2.75, 3.05) is 6.54 Å². The van der Waals surface area contributed by atoms with E-state index in [1.807, 2.05) is 42.2 Å². The van der Waals surface area contributed by atoms with E-state index >= 15 is 0 Å². The van der Waals surface area contributed by atoms with Gasteiger partial charge in [-0.15, -0.1) is 0 Å². The lowest BCUT2D eigenvalue weighted by molar-refractivity contribution is 0.564. The number of benzene rings is 1. The van der Waals surface area contributed by atoms with Crippen molar-refractivity contribution in [1.29, 1.82) is 0 Å². The Balaban J connectivity index is 1.87. The van der Waals surface area contributed by atoms with E-state index in [-0.39, 0.29) is 6.04 Å². The molecule has 1 aromatic heterocycles. The van der Waals surface area contributed by atoms with Crippen molar-refractivity contribution < 1.29 is 0 Å². The highest BCUT2D eigenvalue weighted by atomic mass is 35.5. The second-order valence-electron chi connectivity index (χ2n) is 4.39. The molecule has 2 aromatic rings. The molecule has 0 saturated carbocycles. The van der Waals surface area contributed by atoms with E-state index in [4.69, 9.17) is 11.6 Å². The van der Waals surface area contributed by atoms with E-state index in [2.05, 4.69) is 23.4 Å². The van der Waals surface area contributed by atoms with Crippen LogP contribution in [0.15, 0.2) is 36.5 Å². The molecule has 0 spiro atoms. The van der Waals surface area contributed by atoms with E-state index in [1.54, 1.807) is 0 Å². The van der Waals surface area contributed by atoms with Gasteiger partial charge in [-0.1, -0.05) is 29.8 Å². The van der Waals surface area contributed by atoms with Gasteiger partial charge in [-0.2, -0.15) is 5.10 Å². The Morgan fingerprint density at radius 3 is 2.78 bits per heavy atom. The Labute approximate surface area is 113 Å². The maximum absolute atomic E-state index is 6.17. The fourth-order valence-electron chi connectivity index (χ4n) is 2.00. The summed E-state index contributed by atoms with van der Waals surface area (Å²) in [4.78, 5) is 0. The highest BCUT2D eigenvalue weighted by Gasteiger charge is 2.08. The van der Waals surface area contributed by atoms with E-state index in [0.717, 1.165) is 23.6 Å². The minimum atomic E-state index is 0.256. The summed E-state index contributed by atoms with van der Waals surface area (Å²) in [6, 6.07) is 10.3. The zero-order chi connectivity index (χ0) is 13.0. The molecule has 1 N–H and O–H groups in total. The van der Waals surface area contributed by atoms with Crippen molar-refractivity contribution in [1.82, 2.24) is 15.1 Å². The number of hydrogen-bond donors (Lipinski definition) is 1. The lowest BCUT2D eigenvalue weighted by Crippen LogP contribution is -2.22.